The topological polar surface area (TPSA) is 59.0 Å². The quantitative estimate of drug-likeness (QED) is 0.739. The van der Waals surface area contributed by atoms with Gasteiger partial charge in [-0.1, -0.05) is 18.2 Å². The van der Waals surface area contributed by atoms with Crippen LogP contribution in [0, 0.1) is 5.92 Å². The normalized spacial score (nSPS) is 15.4. The predicted molar refractivity (Wildman–Crippen MR) is 96.1 cm³/mol. The van der Waals surface area contributed by atoms with Gasteiger partial charge < -0.3 is 4.90 Å². The Labute approximate surface area is 146 Å². The molecule has 1 saturated heterocycles. The standard InChI is InChI=1S/C20H20N4O/c25-20(19-6-3-10-22-23-19)24-12-8-15(9-13-24)14-16-7-11-21-18-5-2-1-4-17(16)18/h1-7,10-11,15H,8-9,12-14H2. The number of hydrogen-bond donors (Lipinski definition) is 0. The van der Waals surface area contributed by atoms with Crippen LogP contribution in [0.1, 0.15) is 28.9 Å². The highest BCUT2D eigenvalue weighted by atomic mass is 16.2. The molecule has 1 fully saturated rings. The SMILES string of the molecule is O=C(c1cccnn1)N1CCC(Cc2ccnc3ccccc23)CC1. The van der Waals surface area contributed by atoms with Crippen molar-refractivity contribution in [1.29, 1.82) is 0 Å². The third-order valence-electron chi connectivity index (χ3n) is 4.94. The van der Waals surface area contributed by atoms with Crippen LogP contribution in [0.25, 0.3) is 10.9 Å². The van der Waals surface area contributed by atoms with E-state index in [1.807, 2.05) is 17.2 Å². The Hall–Kier alpha value is -2.82. The Kier molecular flexibility index (Phi) is 4.37. The molecule has 1 aliphatic rings. The summed E-state index contributed by atoms with van der Waals surface area (Å²) in [6.07, 6.45) is 6.55. The summed E-state index contributed by atoms with van der Waals surface area (Å²) in [5.74, 6) is 0.581. The molecule has 5 nitrogen and oxygen atoms in total. The maximum atomic E-state index is 12.5. The molecule has 0 unspecified atom stereocenters. The van der Waals surface area contributed by atoms with Crippen LogP contribution >= 0.6 is 0 Å². The first-order valence-electron chi connectivity index (χ1n) is 8.71. The molecule has 1 aromatic carbocycles. The Morgan fingerprint density at radius 1 is 1.04 bits per heavy atom. The zero-order valence-electron chi connectivity index (χ0n) is 14.0. The fourth-order valence-corrected chi connectivity index (χ4v) is 3.56. The maximum absolute atomic E-state index is 12.5. The van der Waals surface area contributed by atoms with Crippen LogP contribution in [-0.4, -0.2) is 39.1 Å². The number of benzene rings is 1. The first-order chi connectivity index (χ1) is 12.3. The highest BCUT2D eigenvalue weighted by Gasteiger charge is 2.24. The molecule has 0 atom stereocenters. The average Bonchev–Trinajstić information content (AvgIpc) is 2.69. The fraction of sp³-hybridized carbons (Fsp3) is 0.300. The number of amides is 1. The second-order valence-electron chi connectivity index (χ2n) is 6.54. The lowest BCUT2D eigenvalue weighted by molar-refractivity contribution is 0.0683. The fourth-order valence-electron chi connectivity index (χ4n) is 3.56. The van der Waals surface area contributed by atoms with E-state index in [2.05, 4.69) is 39.4 Å². The van der Waals surface area contributed by atoms with Crippen LogP contribution in [0.3, 0.4) is 0 Å². The van der Waals surface area contributed by atoms with Gasteiger partial charge in [0.15, 0.2) is 5.69 Å². The number of aromatic nitrogens is 3. The number of fused-ring (bicyclic) bond motifs is 1. The molecule has 5 heteroatoms. The molecule has 0 saturated carbocycles. The lowest BCUT2D eigenvalue weighted by atomic mass is 9.89. The minimum atomic E-state index is -0.0130. The summed E-state index contributed by atoms with van der Waals surface area (Å²) in [6, 6.07) is 13.9. The van der Waals surface area contributed by atoms with Crippen molar-refractivity contribution in [2.75, 3.05) is 13.1 Å². The summed E-state index contributed by atoms with van der Waals surface area (Å²) >= 11 is 0. The number of hydrogen-bond acceptors (Lipinski definition) is 4. The van der Waals surface area contributed by atoms with E-state index in [0.717, 1.165) is 37.9 Å². The minimum absolute atomic E-state index is 0.0130. The van der Waals surface area contributed by atoms with Gasteiger partial charge in [0.1, 0.15) is 0 Å². The third-order valence-corrected chi connectivity index (χ3v) is 4.94. The molecule has 2 aromatic heterocycles. The van der Waals surface area contributed by atoms with Gasteiger partial charge in [0.05, 0.1) is 5.52 Å². The molecule has 1 amide bonds. The maximum Gasteiger partial charge on any atom is 0.274 e. The molecule has 126 valence electrons. The van der Waals surface area contributed by atoms with Crippen molar-refractivity contribution in [2.45, 2.75) is 19.3 Å². The van der Waals surface area contributed by atoms with Crippen LogP contribution in [0.5, 0.6) is 0 Å². The number of likely N-dealkylation sites (tertiary alicyclic amines) is 1. The first kappa shape index (κ1) is 15.7. The minimum Gasteiger partial charge on any atom is -0.337 e. The lowest BCUT2D eigenvalue weighted by Gasteiger charge is -2.32. The molecule has 0 spiro atoms. The van der Waals surface area contributed by atoms with Gasteiger partial charge in [-0.25, -0.2) is 0 Å². The summed E-state index contributed by atoms with van der Waals surface area (Å²) in [5, 5.41) is 8.96. The number of carbonyl (C=O) groups excluding carboxylic acids is 1. The van der Waals surface area contributed by atoms with E-state index in [0.29, 0.717) is 11.6 Å². The van der Waals surface area contributed by atoms with Crippen molar-refractivity contribution in [1.82, 2.24) is 20.1 Å². The Morgan fingerprint density at radius 2 is 1.88 bits per heavy atom. The molecule has 4 rings (SSSR count). The van der Waals surface area contributed by atoms with Crippen molar-refractivity contribution < 1.29 is 4.79 Å². The number of carbonyl (C=O) groups is 1. The summed E-state index contributed by atoms with van der Waals surface area (Å²) in [7, 11) is 0. The van der Waals surface area contributed by atoms with Crippen molar-refractivity contribution in [3.05, 3.63) is 66.1 Å². The largest absolute Gasteiger partial charge is 0.337 e. The van der Waals surface area contributed by atoms with E-state index in [-0.39, 0.29) is 5.91 Å². The third kappa shape index (κ3) is 3.36. The first-order valence-corrected chi connectivity index (χ1v) is 8.71. The van der Waals surface area contributed by atoms with Crippen LogP contribution < -0.4 is 0 Å². The lowest BCUT2D eigenvalue weighted by Crippen LogP contribution is -2.39. The summed E-state index contributed by atoms with van der Waals surface area (Å²) in [5.41, 5.74) is 2.83. The second kappa shape index (κ2) is 6.97. The average molecular weight is 332 g/mol. The van der Waals surface area contributed by atoms with Gasteiger partial charge in [-0.3, -0.25) is 9.78 Å². The summed E-state index contributed by atoms with van der Waals surface area (Å²) < 4.78 is 0. The van der Waals surface area contributed by atoms with E-state index in [1.54, 1.807) is 18.3 Å². The Morgan fingerprint density at radius 3 is 2.68 bits per heavy atom. The monoisotopic (exact) mass is 332 g/mol. The van der Waals surface area contributed by atoms with Gasteiger partial charge in [-0.05, 0) is 55.0 Å². The van der Waals surface area contributed by atoms with Crippen LogP contribution in [0.4, 0.5) is 0 Å². The number of pyridine rings is 1. The van der Waals surface area contributed by atoms with Crippen LogP contribution in [0.2, 0.25) is 0 Å². The van der Waals surface area contributed by atoms with Gasteiger partial charge in [0.25, 0.3) is 5.91 Å². The van der Waals surface area contributed by atoms with Gasteiger partial charge >= 0.3 is 0 Å². The second-order valence-corrected chi connectivity index (χ2v) is 6.54. The van der Waals surface area contributed by atoms with Gasteiger partial charge in [0.2, 0.25) is 0 Å². The van der Waals surface area contributed by atoms with Crippen molar-refractivity contribution in [3.8, 4) is 0 Å². The number of para-hydroxylation sites is 1. The smallest absolute Gasteiger partial charge is 0.274 e. The predicted octanol–water partition coefficient (Wildman–Crippen LogP) is 3.12. The highest BCUT2D eigenvalue weighted by Crippen LogP contribution is 2.26. The van der Waals surface area contributed by atoms with Gasteiger partial charge in [0, 0.05) is 30.9 Å². The summed E-state index contributed by atoms with van der Waals surface area (Å²) in [4.78, 5) is 18.8. The highest BCUT2D eigenvalue weighted by molar-refractivity contribution is 5.92. The van der Waals surface area contributed by atoms with Gasteiger partial charge in [-0.15, -0.1) is 5.10 Å². The van der Waals surface area contributed by atoms with Crippen molar-refractivity contribution in [3.63, 3.8) is 0 Å². The molecule has 0 aliphatic carbocycles. The van der Waals surface area contributed by atoms with E-state index in [1.165, 1.54) is 10.9 Å². The van der Waals surface area contributed by atoms with E-state index in [4.69, 9.17) is 0 Å². The van der Waals surface area contributed by atoms with Crippen LogP contribution in [-0.2, 0) is 6.42 Å². The molecular formula is C20H20N4O. The molecule has 0 radical (unpaired) electrons. The van der Waals surface area contributed by atoms with Crippen molar-refractivity contribution >= 4 is 16.8 Å². The molecule has 0 bridgehead atoms. The zero-order chi connectivity index (χ0) is 17.1. The van der Waals surface area contributed by atoms with Crippen LogP contribution in [0.15, 0.2) is 54.9 Å². The van der Waals surface area contributed by atoms with Gasteiger partial charge in [-0.2, -0.15) is 5.10 Å². The summed E-state index contributed by atoms with van der Waals surface area (Å²) in [6.45, 7) is 1.56. The number of rotatable bonds is 3. The zero-order valence-corrected chi connectivity index (χ0v) is 14.0. The molecular weight excluding hydrogens is 312 g/mol. The molecule has 3 aromatic rings. The molecule has 3 heterocycles. The van der Waals surface area contributed by atoms with E-state index >= 15 is 0 Å². The van der Waals surface area contributed by atoms with E-state index < -0.39 is 0 Å². The number of piperidine rings is 1. The number of nitrogens with zero attached hydrogens (tertiary/aromatic N) is 4. The Balaban J connectivity index is 1.41. The van der Waals surface area contributed by atoms with E-state index in [9.17, 15) is 4.79 Å². The molecule has 25 heavy (non-hydrogen) atoms. The Bertz CT molecular complexity index is 868. The molecule has 0 N–H and O–H groups in total. The van der Waals surface area contributed by atoms with Crippen molar-refractivity contribution in [2.24, 2.45) is 5.92 Å². The molecule has 1 aliphatic heterocycles.